The lowest BCUT2D eigenvalue weighted by Gasteiger charge is -2.16. The summed E-state index contributed by atoms with van der Waals surface area (Å²) >= 11 is 0. The molecule has 0 aliphatic rings. The van der Waals surface area contributed by atoms with Gasteiger partial charge in [0.2, 0.25) is 5.91 Å². The molecule has 3 amide bonds. The molecule has 4 N–H and O–H groups in total. The maximum Gasteiger partial charge on any atom is 0.321 e. The summed E-state index contributed by atoms with van der Waals surface area (Å²) in [6.45, 7) is 0.112. The highest BCUT2D eigenvalue weighted by Crippen LogP contribution is 2.09. The van der Waals surface area contributed by atoms with Crippen molar-refractivity contribution < 1.29 is 19.5 Å². The van der Waals surface area contributed by atoms with Gasteiger partial charge in [-0.15, -0.1) is 0 Å². The average molecular weight is 265 g/mol. The second-order valence-corrected chi connectivity index (χ2v) is 3.94. The van der Waals surface area contributed by atoms with Gasteiger partial charge < -0.3 is 21.1 Å². The predicted molar refractivity (Wildman–Crippen MR) is 68.9 cm³/mol. The van der Waals surface area contributed by atoms with Gasteiger partial charge in [0.05, 0.1) is 6.42 Å². The van der Waals surface area contributed by atoms with Crippen LogP contribution >= 0.6 is 0 Å². The van der Waals surface area contributed by atoms with Crippen LogP contribution in [-0.4, -0.2) is 41.5 Å². The normalized spacial score (nSPS) is 9.74. The number of nitrogens with two attached hydrogens (primary N) is 1. The molecule has 0 aromatic heterocycles. The summed E-state index contributed by atoms with van der Waals surface area (Å²) < 4.78 is 0. The Morgan fingerprint density at radius 2 is 1.84 bits per heavy atom. The Morgan fingerprint density at radius 3 is 2.32 bits per heavy atom. The van der Waals surface area contributed by atoms with Gasteiger partial charge in [0.15, 0.2) is 0 Å². The number of nitrogens with one attached hydrogen (secondary N) is 1. The molecule has 19 heavy (non-hydrogen) atoms. The number of carboxylic acid groups (broad SMARTS) is 1. The predicted octanol–water partition coefficient (Wildman–Crippen LogP) is 0.724. The zero-order chi connectivity index (χ0) is 14.4. The maximum atomic E-state index is 11.7. The Hall–Kier alpha value is -2.57. The van der Waals surface area contributed by atoms with E-state index in [9.17, 15) is 14.4 Å². The Balaban J connectivity index is 2.56. The third-order valence-electron chi connectivity index (χ3n) is 2.43. The van der Waals surface area contributed by atoms with E-state index in [0.717, 1.165) is 0 Å². The fraction of sp³-hybridized carbons (Fsp3) is 0.250. The van der Waals surface area contributed by atoms with Crippen molar-refractivity contribution in [1.82, 2.24) is 4.90 Å². The number of benzene rings is 1. The van der Waals surface area contributed by atoms with Crippen molar-refractivity contribution in [3.63, 3.8) is 0 Å². The van der Waals surface area contributed by atoms with Crippen molar-refractivity contribution in [3.05, 3.63) is 29.8 Å². The van der Waals surface area contributed by atoms with E-state index in [4.69, 9.17) is 10.8 Å². The van der Waals surface area contributed by atoms with Crippen molar-refractivity contribution in [1.29, 1.82) is 0 Å². The van der Waals surface area contributed by atoms with Crippen LogP contribution in [0.25, 0.3) is 0 Å². The highest BCUT2D eigenvalue weighted by atomic mass is 16.4. The van der Waals surface area contributed by atoms with Gasteiger partial charge in [-0.3, -0.25) is 9.59 Å². The molecule has 0 aliphatic carbocycles. The smallest absolute Gasteiger partial charge is 0.321 e. The number of primary amides is 1. The molecule has 0 saturated heterocycles. The summed E-state index contributed by atoms with van der Waals surface area (Å²) in [6, 6.07) is 5.66. The third-order valence-corrected chi connectivity index (χ3v) is 2.43. The van der Waals surface area contributed by atoms with Crippen LogP contribution < -0.4 is 11.1 Å². The van der Waals surface area contributed by atoms with Gasteiger partial charge >= 0.3 is 12.0 Å². The number of nitrogens with zero attached hydrogens (tertiary/aromatic N) is 1. The lowest BCUT2D eigenvalue weighted by Crippen LogP contribution is -2.33. The largest absolute Gasteiger partial charge is 0.481 e. The lowest BCUT2D eigenvalue weighted by molar-refractivity contribution is -0.137. The molecule has 0 bridgehead atoms. The molecule has 7 nitrogen and oxygen atoms in total. The van der Waals surface area contributed by atoms with Gasteiger partial charge in [-0.25, -0.2) is 4.79 Å². The molecule has 1 aromatic carbocycles. The van der Waals surface area contributed by atoms with Crippen LogP contribution in [0.4, 0.5) is 10.5 Å². The molecule has 1 rings (SSSR count). The van der Waals surface area contributed by atoms with Gasteiger partial charge in [0.25, 0.3) is 0 Å². The van der Waals surface area contributed by atoms with Crippen LogP contribution in [0.15, 0.2) is 24.3 Å². The monoisotopic (exact) mass is 265 g/mol. The highest BCUT2D eigenvalue weighted by Gasteiger charge is 2.10. The minimum Gasteiger partial charge on any atom is -0.481 e. The van der Waals surface area contributed by atoms with E-state index < -0.39 is 17.9 Å². The number of amides is 3. The molecule has 7 heteroatoms. The minimum absolute atomic E-state index is 0.112. The van der Waals surface area contributed by atoms with Gasteiger partial charge in [0.1, 0.15) is 0 Å². The molecule has 1 aromatic rings. The van der Waals surface area contributed by atoms with Crippen molar-refractivity contribution in [3.8, 4) is 0 Å². The van der Waals surface area contributed by atoms with Crippen molar-refractivity contribution in [2.24, 2.45) is 5.73 Å². The zero-order valence-corrected chi connectivity index (χ0v) is 10.4. The highest BCUT2D eigenvalue weighted by molar-refractivity contribution is 5.94. The summed E-state index contributed by atoms with van der Waals surface area (Å²) in [5.41, 5.74) is 5.93. The van der Waals surface area contributed by atoms with Gasteiger partial charge in [0, 0.05) is 24.8 Å². The Kier molecular flexibility index (Phi) is 4.87. The van der Waals surface area contributed by atoms with E-state index in [-0.39, 0.29) is 13.0 Å². The number of carbonyl (C=O) groups excluding carboxylic acids is 2. The summed E-state index contributed by atoms with van der Waals surface area (Å²) in [4.78, 5) is 34.2. The average Bonchev–Trinajstić information content (AvgIpc) is 2.36. The maximum absolute atomic E-state index is 11.7. The molecular weight excluding hydrogens is 250 g/mol. The van der Waals surface area contributed by atoms with Crippen LogP contribution in [-0.2, 0) is 4.79 Å². The molecule has 0 radical (unpaired) electrons. The first-order valence-corrected chi connectivity index (χ1v) is 5.54. The van der Waals surface area contributed by atoms with E-state index in [1.807, 2.05) is 0 Å². The minimum atomic E-state index is -0.967. The van der Waals surface area contributed by atoms with Crippen molar-refractivity contribution >= 4 is 23.6 Å². The number of aliphatic carboxylic acids is 1. The number of urea groups is 1. The van der Waals surface area contributed by atoms with Gasteiger partial charge in [-0.1, -0.05) is 0 Å². The topological polar surface area (TPSA) is 113 Å². The molecule has 0 heterocycles. The summed E-state index contributed by atoms with van der Waals surface area (Å²) in [5.74, 6) is -1.51. The van der Waals surface area contributed by atoms with Crippen molar-refractivity contribution in [2.75, 3.05) is 18.9 Å². The molecule has 0 spiro atoms. The SMILES string of the molecule is CN(CCC(=O)O)C(=O)Nc1ccc(C(N)=O)cc1. The summed E-state index contributed by atoms with van der Waals surface area (Å²) in [7, 11) is 1.50. The number of carboxylic acids is 1. The fourth-order valence-electron chi connectivity index (χ4n) is 1.30. The van der Waals surface area contributed by atoms with Crippen LogP contribution in [0, 0.1) is 0 Å². The number of anilines is 1. The van der Waals surface area contributed by atoms with E-state index in [1.54, 1.807) is 12.1 Å². The van der Waals surface area contributed by atoms with E-state index in [0.29, 0.717) is 11.3 Å². The Bertz CT molecular complexity index is 484. The Morgan fingerprint density at radius 1 is 1.26 bits per heavy atom. The van der Waals surface area contributed by atoms with E-state index in [2.05, 4.69) is 5.32 Å². The number of hydrogen-bond donors (Lipinski definition) is 3. The molecular formula is C12H15N3O4. The lowest BCUT2D eigenvalue weighted by atomic mass is 10.2. The molecule has 0 saturated carbocycles. The summed E-state index contributed by atoms with van der Waals surface area (Å²) in [6.07, 6.45) is -0.121. The standard InChI is InChI=1S/C12H15N3O4/c1-15(7-6-10(16)17)12(19)14-9-4-2-8(3-5-9)11(13)18/h2-5H,6-7H2,1H3,(H2,13,18)(H,14,19)(H,16,17). The quantitative estimate of drug-likeness (QED) is 0.728. The second-order valence-electron chi connectivity index (χ2n) is 3.94. The van der Waals surface area contributed by atoms with Gasteiger partial charge in [-0.05, 0) is 24.3 Å². The molecule has 0 fully saturated rings. The first-order chi connectivity index (χ1) is 8.90. The van der Waals surface area contributed by atoms with Crippen molar-refractivity contribution in [2.45, 2.75) is 6.42 Å². The van der Waals surface area contributed by atoms with Crippen LogP contribution in [0.5, 0.6) is 0 Å². The summed E-state index contributed by atoms with van der Waals surface area (Å²) in [5, 5.41) is 11.1. The molecule has 0 aliphatic heterocycles. The number of hydrogen-bond acceptors (Lipinski definition) is 3. The second kappa shape index (κ2) is 6.39. The van der Waals surface area contributed by atoms with Crippen LogP contribution in [0.3, 0.4) is 0 Å². The first kappa shape index (κ1) is 14.5. The number of rotatable bonds is 5. The van der Waals surface area contributed by atoms with Crippen LogP contribution in [0.1, 0.15) is 16.8 Å². The zero-order valence-electron chi connectivity index (χ0n) is 10.4. The molecule has 102 valence electrons. The van der Waals surface area contributed by atoms with Crippen LogP contribution in [0.2, 0.25) is 0 Å². The first-order valence-electron chi connectivity index (χ1n) is 5.54. The third kappa shape index (κ3) is 4.66. The molecule has 0 unspecified atom stereocenters. The Labute approximate surface area is 110 Å². The van der Waals surface area contributed by atoms with E-state index >= 15 is 0 Å². The number of carbonyl (C=O) groups is 3. The van der Waals surface area contributed by atoms with E-state index in [1.165, 1.54) is 24.1 Å². The molecule has 0 atom stereocenters. The van der Waals surface area contributed by atoms with Gasteiger partial charge in [-0.2, -0.15) is 0 Å². The fourth-order valence-corrected chi connectivity index (χ4v) is 1.30.